The van der Waals surface area contributed by atoms with E-state index in [1.165, 1.54) is 19.2 Å². The van der Waals surface area contributed by atoms with Crippen molar-refractivity contribution >= 4 is 23.2 Å². The van der Waals surface area contributed by atoms with Crippen LogP contribution in [0.15, 0.2) is 41.5 Å². The fraction of sp³-hybridized carbons (Fsp3) is 0.222. The van der Waals surface area contributed by atoms with Gasteiger partial charge in [0.15, 0.2) is 18.2 Å². The number of rotatable bonds is 6. The number of halogens is 2. The van der Waals surface area contributed by atoms with Crippen LogP contribution in [0.3, 0.4) is 0 Å². The third-order valence-corrected chi connectivity index (χ3v) is 3.65. The maximum absolute atomic E-state index is 13.7. The van der Waals surface area contributed by atoms with E-state index in [9.17, 15) is 9.18 Å². The summed E-state index contributed by atoms with van der Waals surface area (Å²) in [5, 5.41) is 4.55. The normalized spacial score (nSPS) is 11.2. The zero-order valence-electron chi connectivity index (χ0n) is 14.1. The predicted octanol–water partition coefficient (Wildman–Crippen LogP) is 3.72. The van der Waals surface area contributed by atoms with Gasteiger partial charge >= 0.3 is 0 Å². The Balaban J connectivity index is 1.93. The molecule has 0 aromatic heterocycles. The molecular weight excluding hydrogens is 347 g/mol. The molecule has 25 heavy (non-hydrogen) atoms. The molecule has 132 valence electrons. The molecule has 1 N–H and O–H groups in total. The lowest BCUT2D eigenvalue weighted by Gasteiger charge is -2.09. The van der Waals surface area contributed by atoms with Crippen LogP contribution in [0.5, 0.6) is 11.5 Å². The average molecular weight is 365 g/mol. The molecule has 7 heteroatoms. The molecule has 2 aromatic rings. The van der Waals surface area contributed by atoms with Crippen molar-refractivity contribution in [3.05, 3.63) is 58.4 Å². The molecule has 2 rings (SSSR count). The first kappa shape index (κ1) is 18.7. The van der Waals surface area contributed by atoms with Gasteiger partial charge in [-0.15, -0.1) is 0 Å². The SMILES string of the molecule is COc1ccc(/C(C)=N\NC(=O)COc2ccc(Cl)cc2C)cc1F. The highest BCUT2D eigenvalue weighted by Gasteiger charge is 2.07. The Hall–Kier alpha value is -2.60. The summed E-state index contributed by atoms with van der Waals surface area (Å²) in [6.45, 7) is 3.29. The Morgan fingerprint density at radius 2 is 1.96 bits per heavy atom. The van der Waals surface area contributed by atoms with E-state index in [2.05, 4.69) is 10.5 Å². The van der Waals surface area contributed by atoms with Crippen LogP contribution in [0.2, 0.25) is 5.02 Å². The summed E-state index contributed by atoms with van der Waals surface area (Å²) in [6, 6.07) is 9.56. The van der Waals surface area contributed by atoms with Crippen molar-refractivity contribution in [2.75, 3.05) is 13.7 Å². The topological polar surface area (TPSA) is 59.9 Å². The third-order valence-electron chi connectivity index (χ3n) is 3.41. The van der Waals surface area contributed by atoms with Crippen LogP contribution in [0, 0.1) is 12.7 Å². The van der Waals surface area contributed by atoms with Crippen LogP contribution in [0.1, 0.15) is 18.1 Å². The first-order valence-electron chi connectivity index (χ1n) is 7.46. The molecule has 2 aromatic carbocycles. The highest BCUT2D eigenvalue weighted by atomic mass is 35.5. The summed E-state index contributed by atoms with van der Waals surface area (Å²) in [6.07, 6.45) is 0. The van der Waals surface area contributed by atoms with Crippen LogP contribution in [-0.4, -0.2) is 25.3 Å². The Labute approximate surface area is 150 Å². The second-order valence-corrected chi connectivity index (χ2v) is 5.72. The number of carbonyl (C=O) groups excluding carboxylic acids is 1. The molecule has 0 radical (unpaired) electrons. The minimum atomic E-state index is -0.498. The van der Waals surface area contributed by atoms with Crippen molar-refractivity contribution in [3.63, 3.8) is 0 Å². The Morgan fingerprint density at radius 3 is 2.60 bits per heavy atom. The van der Waals surface area contributed by atoms with Crippen LogP contribution in [-0.2, 0) is 4.79 Å². The number of aryl methyl sites for hydroxylation is 1. The number of hydrogen-bond acceptors (Lipinski definition) is 4. The summed E-state index contributed by atoms with van der Waals surface area (Å²) in [5.41, 5.74) is 4.19. The van der Waals surface area contributed by atoms with Crippen molar-refractivity contribution in [1.82, 2.24) is 5.43 Å². The molecular formula is C18H18ClFN2O3. The molecule has 1 amide bonds. The van der Waals surface area contributed by atoms with Gasteiger partial charge in [-0.25, -0.2) is 9.82 Å². The molecule has 5 nitrogen and oxygen atoms in total. The maximum Gasteiger partial charge on any atom is 0.277 e. The molecule has 0 aliphatic carbocycles. The van der Waals surface area contributed by atoms with Crippen molar-refractivity contribution in [1.29, 1.82) is 0 Å². The first-order valence-corrected chi connectivity index (χ1v) is 7.84. The maximum atomic E-state index is 13.7. The van der Waals surface area contributed by atoms with Crippen LogP contribution < -0.4 is 14.9 Å². The minimum absolute atomic E-state index is 0.146. The Morgan fingerprint density at radius 1 is 1.24 bits per heavy atom. The van der Waals surface area contributed by atoms with Crippen molar-refractivity contribution in [3.8, 4) is 11.5 Å². The van der Waals surface area contributed by atoms with Gasteiger partial charge in [0.1, 0.15) is 5.75 Å². The number of benzene rings is 2. The highest BCUT2D eigenvalue weighted by molar-refractivity contribution is 6.30. The fourth-order valence-corrected chi connectivity index (χ4v) is 2.28. The molecule has 0 saturated carbocycles. The lowest BCUT2D eigenvalue weighted by Crippen LogP contribution is -2.25. The number of hydrogen-bond donors (Lipinski definition) is 1. The number of hydrazone groups is 1. The van der Waals surface area contributed by atoms with E-state index < -0.39 is 11.7 Å². The third kappa shape index (κ3) is 5.19. The van der Waals surface area contributed by atoms with E-state index in [-0.39, 0.29) is 12.4 Å². The largest absolute Gasteiger partial charge is 0.494 e. The molecule has 0 spiro atoms. The minimum Gasteiger partial charge on any atom is -0.494 e. The van der Waals surface area contributed by atoms with Gasteiger partial charge in [-0.3, -0.25) is 4.79 Å². The average Bonchev–Trinajstić information content (AvgIpc) is 2.58. The fourth-order valence-electron chi connectivity index (χ4n) is 2.05. The van der Waals surface area contributed by atoms with Gasteiger partial charge < -0.3 is 9.47 Å². The first-order chi connectivity index (χ1) is 11.9. The molecule has 0 aliphatic heterocycles. The lowest BCUT2D eigenvalue weighted by molar-refractivity contribution is -0.123. The molecule has 0 bridgehead atoms. The predicted molar refractivity (Wildman–Crippen MR) is 95.0 cm³/mol. The molecule has 0 atom stereocenters. The molecule has 0 unspecified atom stereocenters. The van der Waals surface area contributed by atoms with Crippen LogP contribution in [0.4, 0.5) is 4.39 Å². The van der Waals surface area contributed by atoms with Crippen molar-refractivity contribution < 1.29 is 18.7 Å². The van der Waals surface area contributed by atoms with Crippen LogP contribution >= 0.6 is 11.6 Å². The number of methoxy groups -OCH3 is 1. The van der Waals surface area contributed by atoms with E-state index in [0.29, 0.717) is 22.0 Å². The smallest absolute Gasteiger partial charge is 0.277 e. The van der Waals surface area contributed by atoms with Crippen molar-refractivity contribution in [2.24, 2.45) is 5.10 Å². The van der Waals surface area contributed by atoms with E-state index in [0.717, 1.165) is 5.56 Å². The standard InChI is InChI=1S/C18H18ClFN2O3/c1-11-8-14(19)5-7-16(11)25-10-18(23)22-21-12(2)13-4-6-17(24-3)15(20)9-13/h4-9H,10H2,1-3H3,(H,22,23)/b21-12-. The van der Waals surface area contributed by atoms with E-state index >= 15 is 0 Å². The number of nitrogens with zero attached hydrogens (tertiary/aromatic N) is 1. The number of carbonyl (C=O) groups is 1. The number of amides is 1. The zero-order chi connectivity index (χ0) is 18.4. The van der Waals surface area contributed by atoms with Gasteiger partial charge in [-0.05, 0) is 55.8 Å². The van der Waals surface area contributed by atoms with Gasteiger partial charge in [0.25, 0.3) is 5.91 Å². The summed E-state index contributed by atoms with van der Waals surface area (Å²) in [7, 11) is 1.39. The van der Waals surface area contributed by atoms with Gasteiger partial charge in [-0.1, -0.05) is 11.6 Å². The zero-order valence-corrected chi connectivity index (χ0v) is 14.9. The van der Waals surface area contributed by atoms with E-state index in [1.54, 1.807) is 31.2 Å². The molecule has 0 fully saturated rings. The van der Waals surface area contributed by atoms with Crippen molar-refractivity contribution in [2.45, 2.75) is 13.8 Å². The summed E-state index contributed by atoms with van der Waals surface area (Å²) >= 11 is 5.87. The number of nitrogens with one attached hydrogen (secondary N) is 1. The van der Waals surface area contributed by atoms with E-state index in [4.69, 9.17) is 21.1 Å². The number of ether oxygens (including phenoxy) is 2. The monoisotopic (exact) mass is 364 g/mol. The van der Waals surface area contributed by atoms with Gasteiger partial charge in [0, 0.05) is 10.6 Å². The Bertz CT molecular complexity index is 809. The Kier molecular flexibility index (Phi) is 6.36. The molecule has 0 heterocycles. The summed E-state index contributed by atoms with van der Waals surface area (Å²) < 4.78 is 24.0. The second-order valence-electron chi connectivity index (χ2n) is 5.28. The van der Waals surface area contributed by atoms with E-state index in [1.807, 2.05) is 6.92 Å². The van der Waals surface area contributed by atoms with Crippen LogP contribution in [0.25, 0.3) is 0 Å². The van der Waals surface area contributed by atoms with Gasteiger partial charge in [0.2, 0.25) is 0 Å². The van der Waals surface area contributed by atoms with Gasteiger partial charge in [-0.2, -0.15) is 5.10 Å². The molecule has 0 saturated heterocycles. The second kappa shape index (κ2) is 8.48. The summed E-state index contributed by atoms with van der Waals surface area (Å²) in [4.78, 5) is 11.8. The quantitative estimate of drug-likeness (QED) is 0.627. The van der Waals surface area contributed by atoms with Gasteiger partial charge in [0.05, 0.1) is 12.8 Å². The highest BCUT2D eigenvalue weighted by Crippen LogP contribution is 2.21. The molecule has 0 aliphatic rings. The lowest BCUT2D eigenvalue weighted by atomic mass is 10.1. The summed E-state index contributed by atoms with van der Waals surface area (Å²) in [5.74, 6) is -0.213.